The molecule has 0 fully saturated rings. The summed E-state index contributed by atoms with van der Waals surface area (Å²) < 4.78 is 0. The third-order valence-corrected chi connectivity index (χ3v) is 2.87. The Labute approximate surface area is 95.3 Å². The molecule has 2 rings (SSSR count). The maximum absolute atomic E-state index is 5.53. The molecule has 2 heterocycles. The van der Waals surface area contributed by atoms with Crippen LogP contribution in [0.4, 0.5) is 0 Å². The number of pyridine rings is 1. The molecule has 0 aliphatic heterocycles. The van der Waals surface area contributed by atoms with Gasteiger partial charge >= 0.3 is 0 Å². The molecule has 86 valence electrons. The van der Waals surface area contributed by atoms with E-state index < -0.39 is 0 Å². The lowest BCUT2D eigenvalue weighted by molar-refractivity contribution is 0.495. The van der Waals surface area contributed by atoms with E-state index in [1.54, 1.807) is 6.20 Å². The lowest BCUT2D eigenvalue weighted by atomic mass is 10.0. The van der Waals surface area contributed by atoms with Gasteiger partial charge in [0.2, 0.25) is 0 Å². The maximum Gasteiger partial charge on any atom is 0.107 e. The van der Waals surface area contributed by atoms with Crippen molar-refractivity contribution < 1.29 is 0 Å². The molecule has 0 saturated carbocycles. The van der Waals surface area contributed by atoms with Crippen LogP contribution in [-0.4, -0.2) is 21.5 Å². The summed E-state index contributed by atoms with van der Waals surface area (Å²) in [4.78, 5) is 11.9. The molecular formula is C12H18N4. The van der Waals surface area contributed by atoms with Gasteiger partial charge in [-0.3, -0.25) is 4.98 Å². The Morgan fingerprint density at radius 1 is 1.44 bits per heavy atom. The van der Waals surface area contributed by atoms with Crippen molar-refractivity contribution in [2.75, 3.05) is 6.54 Å². The second-order valence-corrected chi connectivity index (χ2v) is 4.30. The van der Waals surface area contributed by atoms with E-state index in [0.29, 0.717) is 5.92 Å². The Hall–Kier alpha value is -1.42. The van der Waals surface area contributed by atoms with Crippen LogP contribution in [0.15, 0.2) is 18.5 Å². The lowest BCUT2D eigenvalue weighted by Crippen LogP contribution is -2.06. The summed E-state index contributed by atoms with van der Waals surface area (Å²) in [6.45, 7) is 3.00. The molecule has 0 amide bonds. The van der Waals surface area contributed by atoms with Crippen molar-refractivity contribution in [2.24, 2.45) is 11.7 Å². The van der Waals surface area contributed by atoms with Crippen LogP contribution in [-0.2, 0) is 6.42 Å². The predicted octanol–water partition coefficient (Wildman–Crippen LogP) is 1.88. The van der Waals surface area contributed by atoms with Gasteiger partial charge in [-0.05, 0) is 31.4 Å². The zero-order chi connectivity index (χ0) is 11.4. The van der Waals surface area contributed by atoms with E-state index in [2.05, 4.69) is 21.9 Å². The molecule has 4 nitrogen and oxygen atoms in total. The Morgan fingerprint density at radius 3 is 3.06 bits per heavy atom. The first-order valence-electron chi connectivity index (χ1n) is 5.78. The first-order valence-corrected chi connectivity index (χ1v) is 5.78. The van der Waals surface area contributed by atoms with Crippen molar-refractivity contribution in [3.8, 4) is 0 Å². The van der Waals surface area contributed by atoms with Crippen molar-refractivity contribution in [3.63, 3.8) is 0 Å². The van der Waals surface area contributed by atoms with E-state index in [9.17, 15) is 0 Å². The summed E-state index contributed by atoms with van der Waals surface area (Å²) in [7, 11) is 0. The zero-order valence-electron chi connectivity index (χ0n) is 9.61. The minimum absolute atomic E-state index is 0.663. The number of aromatic amines is 1. The molecule has 0 aliphatic carbocycles. The number of hydrogen-bond acceptors (Lipinski definition) is 3. The van der Waals surface area contributed by atoms with Gasteiger partial charge in [0.1, 0.15) is 5.82 Å². The monoisotopic (exact) mass is 218 g/mol. The van der Waals surface area contributed by atoms with Crippen molar-refractivity contribution >= 4 is 11.0 Å². The largest absolute Gasteiger partial charge is 0.341 e. The molecule has 2 aromatic heterocycles. The molecule has 16 heavy (non-hydrogen) atoms. The van der Waals surface area contributed by atoms with Crippen molar-refractivity contribution in [1.29, 1.82) is 0 Å². The summed E-state index contributed by atoms with van der Waals surface area (Å²) in [5.41, 5.74) is 7.54. The van der Waals surface area contributed by atoms with Crippen LogP contribution in [0.3, 0.4) is 0 Å². The normalized spacial score (nSPS) is 13.1. The summed E-state index contributed by atoms with van der Waals surface area (Å²) in [5.74, 6) is 1.71. The van der Waals surface area contributed by atoms with Crippen LogP contribution in [0.5, 0.6) is 0 Å². The molecular weight excluding hydrogens is 200 g/mol. The molecule has 0 aliphatic rings. The number of aromatic nitrogens is 3. The first kappa shape index (κ1) is 11.1. The topological polar surface area (TPSA) is 67.6 Å². The number of hydrogen-bond donors (Lipinski definition) is 2. The number of nitrogens with zero attached hydrogens (tertiary/aromatic N) is 2. The van der Waals surface area contributed by atoms with E-state index in [1.807, 2.05) is 12.3 Å². The van der Waals surface area contributed by atoms with E-state index in [4.69, 9.17) is 5.73 Å². The van der Waals surface area contributed by atoms with E-state index >= 15 is 0 Å². The highest BCUT2D eigenvalue weighted by Gasteiger charge is 2.05. The Bertz CT molecular complexity index is 416. The van der Waals surface area contributed by atoms with Crippen molar-refractivity contribution in [2.45, 2.75) is 26.2 Å². The third-order valence-electron chi connectivity index (χ3n) is 2.87. The molecule has 1 atom stereocenters. The molecule has 1 unspecified atom stereocenters. The van der Waals surface area contributed by atoms with Gasteiger partial charge in [-0.25, -0.2) is 4.98 Å². The second kappa shape index (κ2) is 5.07. The Kier molecular flexibility index (Phi) is 3.51. The highest BCUT2D eigenvalue weighted by Crippen LogP contribution is 2.13. The minimum Gasteiger partial charge on any atom is -0.341 e. The fourth-order valence-electron chi connectivity index (χ4n) is 1.84. The summed E-state index contributed by atoms with van der Waals surface area (Å²) in [6, 6.07) is 1.93. The molecule has 4 heteroatoms. The van der Waals surface area contributed by atoms with Gasteiger partial charge in [0.15, 0.2) is 0 Å². The number of imidazole rings is 1. The van der Waals surface area contributed by atoms with Crippen molar-refractivity contribution in [3.05, 3.63) is 24.3 Å². The number of nitrogens with two attached hydrogens (primary N) is 1. The van der Waals surface area contributed by atoms with Crippen LogP contribution in [0.25, 0.3) is 11.0 Å². The SMILES string of the molecule is CC(CCN)CCc1nc2ccncc2[nH]1. The fourth-order valence-corrected chi connectivity index (χ4v) is 1.84. The molecule has 0 radical (unpaired) electrons. The maximum atomic E-state index is 5.53. The molecule has 0 saturated heterocycles. The fraction of sp³-hybridized carbons (Fsp3) is 0.500. The van der Waals surface area contributed by atoms with E-state index in [1.165, 1.54) is 0 Å². The zero-order valence-corrected chi connectivity index (χ0v) is 9.61. The second-order valence-electron chi connectivity index (χ2n) is 4.30. The Morgan fingerprint density at radius 2 is 2.31 bits per heavy atom. The highest BCUT2D eigenvalue weighted by atomic mass is 14.9. The molecule has 0 bridgehead atoms. The molecule has 0 spiro atoms. The van der Waals surface area contributed by atoms with Crippen LogP contribution in [0.1, 0.15) is 25.6 Å². The lowest BCUT2D eigenvalue weighted by Gasteiger charge is -2.07. The quantitative estimate of drug-likeness (QED) is 0.805. The molecule has 3 N–H and O–H groups in total. The predicted molar refractivity (Wildman–Crippen MR) is 65.0 cm³/mol. The van der Waals surface area contributed by atoms with Gasteiger partial charge in [0.25, 0.3) is 0 Å². The van der Waals surface area contributed by atoms with Gasteiger partial charge < -0.3 is 10.7 Å². The summed E-state index contributed by atoms with van der Waals surface area (Å²) >= 11 is 0. The number of rotatable bonds is 5. The van der Waals surface area contributed by atoms with E-state index in [-0.39, 0.29) is 0 Å². The average molecular weight is 218 g/mol. The van der Waals surface area contributed by atoms with E-state index in [0.717, 1.165) is 42.7 Å². The Balaban J connectivity index is 1.99. The van der Waals surface area contributed by atoms with Crippen LogP contribution in [0, 0.1) is 5.92 Å². The molecule has 2 aromatic rings. The van der Waals surface area contributed by atoms with Crippen LogP contribution in [0.2, 0.25) is 0 Å². The van der Waals surface area contributed by atoms with Gasteiger partial charge in [-0.2, -0.15) is 0 Å². The number of nitrogens with one attached hydrogen (secondary N) is 1. The first-order chi connectivity index (χ1) is 7.79. The van der Waals surface area contributed by atoms with Gasteiger partial charge in [-0.1, -0.05) is 6.92 Å². The average Bonchev–Trinajstić information content (AvgIpc) is 2.69. The standard InChI is InChI=1S/C12H18N4/c1-9(4-6-13)2-3-12-15-10-5-7-14-8-11(10)16-12/h5,7-9H,2-4,6,13H2,1H3,(H,15,16). The number of H-pyrrole nitrogens is 1. The summed E-state index contributed by atoms with van der Waals surface area (Å²) in [5, 5.41) is 0. The smallest absolute Gasteiger partial charge is 0.107 e. The van der Waals surface area contributed by atoms with Crippen LogP contribution >= 0.6 is 0 Å². The number of aryl methyl sites for hydroxylation is 1. The van der Waals surface area contributed by atoms with Gasteiger partial charge in [-0.15, -0.1) is 0 Å². The molecule has 0 aromatic carbocycles. The minimum atomic E-state index is 0.663. The van der Waals surface area contributed by atoms with Crippen molar-refractivity contribution in [1.82, 2.24) is 15.0 Å². The van der Waals surface area contributed by atoms with Crippen LogP contribution < -0.4 is 5.73 Å². The highest BCUT2D eigenvalue weighted by molar-refractivity contribution is 5.73. The summed E-state index contributed by atoms with van der Waals surface area (Å²) in [6.07, 6.45) is 6.78. The third kappa shape index (κ3) is 2.58. The van der Waals surface area contributed by atoms with Gasteiger partial charge in [0.05, 0.1) is 17.2 Å². The van der Waals surface area contributed by atoms with Gasteiger partial charge in [0, 0.05) is 12.6 Å². The number of fused-ring (bicyclic) bond motifs is 1.